The lowest BCUT2D eigenvalue weighted by molar-refractivity contribution is -0.274. The summed E-state index contributed by atoms with van der Waals surface area (Å²) in [6.45, 7) is 0. The maximum atomic E-state index is 12.3. The zero-order valence-electron chi connectivity index (χ0n) is 10.1. The van der Waals surface area contributed by atoms with Gasteiger partial charge in [0.1, 0.15) is 5.75 Å². The van der Waals surface area contributed by atoms with Gasteiger partial charge in [-0.1, -0.05) is 6.07 Å². The molecule has 1 aliphatic carbocycles. The van der Waals surface area contributed by atoms with Crippen LogP contribution in [-0.2, 0) is 0 Å². The van der Waals surface area contributed by atoms with E-state index in [0.717, 1.165) is 31.0 Å². The molecule has 5 nitrogen and oxygen atoms in total. The fourth-order valence-electron chi connectivity index (χ4n) is 1.59. The predicted molar refractivity (Wildman–Crippen MR) is 63.4 cm³/mol. The van der Waals surface area contributed by atoms with Crippen LogP contribution >= 0.6 is 0 Å². The Bertz CT molecular complexity index is 517. The van der Waals surface area contributed by atoms with Crippen molar-refractivity contribution in [3.63, 3.8) is 0 Å². The van der Waals surface area contributed by atoms with Crippen molar-refractivity contribution in [2.75, 3.05) is 0 Å². The highest BCUT2D eigenvalue weighted by Gasteiger charge is 2.34. The van der Waals surface area contributed by atoms with Gasteiger partial charge in [0, 0.05) is 6.04 Å². The van der Waals surface area contributed by atoms with Gasteiger partial charge in [-0.25, -0.2) is 0 Å². The quantitative estimate of drug-likeness (QED) is 0.690. The summed E-state index contributed by atoms with van der Waals surface area (Å²) >= 11 is 0. The van der Waals surface area contributed by atoms with Gasteiger partial charge in [-0.15, -0.1) is 13.2 Å². The molecular weight excluding hydrogens is 278 g/mol. The number of carbonyl (C=O) groups excluding carboxylic acids is 1. The average molecular weight is 289 g/mol. The van der Waals surface area contributed by atoms with Crippen molar-refractivity contribution >= 4 is 18.5 Å². The van der Waals surface area contributed by atoms with Crippen molar-refractivity contribution in [3.8, 4) is 5.75 Å². The summed E-state index contributed by atoms with van der Waals surface area (Å²) in [4.78, 5) is 11.9. The largest absolute Gasteiger partial charge is 0.573 e. The lowest BCUT2D eigenvalue weighted by Crippen LogP contribution is -2.33. The minimum atomic E-state index is -4.94. The first kappa shape index (κ1) is 14.7. The molecule has 1 aromatic rings. The summed E-state index contributed by atoms with van der Waals surface area (Å²) in [7, 11) is -1.89. The zero-order valence-corrected chi connectivity index (χ0v) is 10.1. The second kappa shape index (κ2) is 5.33. The third-order valence-corrected chi connectivity index (χ3v) is 2.68. The Labute approximate surface area is 112 Å². The van der Waals surface area contributed by atoms with Gasteiger partial charge in [0.05, 0.1) is 5.56 Å². The number of benzene rings is 1. The Kier molecular flexibility index (Phi) is 3.91. The molecule has 0 aromatic heterocycles. The molecule has 0 heterocycles. The van der Waals surface area contributed by atoms with E-state index >= 15 is 0 Å². The Balaban J connectivity index is 2.31. The minimum Gasteiger partial charge on any atom is -0.423 e. The molecule has 1 fully saturated rings. The number of amides is 1. The molecule has 1 saturated carbocycles. The van der Waals surface area contributed by atoms with E-state index in [1.54, 1.807) is 0 Å². The molecule has 0 unspecified atom stereocenters. The SMILES string of the molecule is O=C(NC1CC1)c1cc(B(O)O)ccc1OC(F)(F)F. The van der Waals surface area contributed by atoms with Gasteiger partial charge >= 0.3 is 13.5 Å². The molecule has 3 N–H and O–H groups in total. The van der Waals surface area contributed by atoms with E-state index in [9.17, 15) is 18.0 Å². The third kappa shape index (κ3) is 3.88. The smallest absolute Gasteiger partial charge is 0.423 e. The Morgan fingerprint density at radius 2 is 2.00 bits per heavy atom. The normalized spacial score (nSPS) is 14.8. The van der Waals surface area contributed by atoms with Crippen molar-refractivity contribution in [1.82, 2.24) is 5.32 Å². The van der Waals surface area contributed by atoms with Crippen LogP contribution in [0.2, 0.25) is 0 Å². The van der Waals surface area contributed by atoms with E-state index in [4.69, 9.17) is 10.0 Å². The van der Waals surface area contributed by atoms with Gasteiger partial charge in [0.15, 0.2) is 0 Å². The summed E-state index contributed by atoms with van der Waals surface area (Å²) in [5.74, 6) is -1.42. The van der Waals surface area contributed by atoms with Crippen LogP contribution in [0.15, 0.2) is 18.2 Å². The highest BCUT2D eigenvalue weighted by Crippen LogP contribution is 2.27. The van der Waals surface area contributed by atoms with Gasteiger partial charge in [-0.2, -0.15) is 0 Å². The minimum absolute atomic E-state index is 0.0519. The molecule has 0 radical (unpaired) electrons. The van der Waals surface area contributed by atoms with E-state index < -0.39 is 25.1 Å². The summed E-state index contributed by atoms with van der Waals surface area (Å²) in [6, 6.07) is 2.83. The van der Waals surface area contributed by atoms with Crippen LogP contribution in [0.5, 0.6) is 5.75 Å². The van der Waals surface area contributed by atoms with Crippen LogP contribution in [0.1, 0.15) is 23.2 Å². The van der Waals surface area contributed by atoms with Crippen LogP contribution < -0.4 is 15.5 Å². The highest BCUT2D eigenvalue weighted by atomic mass is 19.4. The predicted octanol–water partition coefficient (Wildman–Crippen LogP) is 0.157. The number of alkyl halides is 3. The molecule has 2 rings (SSSR count). The topological polar surface area (TPSA) is 78.8 Å². The molecule has 20 heavy (non-hydrogen) atoms. The van der Waals surface area contributed by atoms with Crippen molar-refractivity contribution in [3.05, 3.63) is 23.8 Å². The number of hydrogen-bond acceptors (Lipinski definition) is 4. The number of nitrogens with one attached hydrogen (secondary N) is 1. The van der Waals surface area contributed by atoms with Gasteiger partial charge < -0.3 is 20.1 Å². The van der Waals surface area contributed by atoms with E-state index in [2.05, 4.69) is 10.1 Å². The van der Waals surface area contributed by atoms with Crippen molar-refractivity contribution < 1.29 is 32.8 Å². The zero-order chi connectivity index (χ0) is 14.9. The Morgan fingerprint density at radius 1 is 1.35 bits per heavy atom. The Morgan fingerprint density at radius 3 is 2.50 bits per heavy atom. The second-order valence-electron chi connectivity index (χ2n) is 4.42. The third-order valence-electron chi connectivity index (χ3n) is 2.68. The number of carbonyl (C=O) groups is 1. The van der Waals surface area contributed by atoms with Crippen LogP contribution in [0, 0.1) is 0 Å². The first-order valence-electron chi connectivity index (χ1n) is 5.83. The maximum absolute atomic E-state index is 12.3. The van der Waals surface area contributed by atoms with E-state index in [0.29, 0.717) is 0 Å². The maximum Gasteiger partial charge on any atom is 0.573 e. The molecule has 0 bridgehead atoms. The van der Waals surface area contributed by atoms with Gasteiger partial charge in [0.2, 0.25) is 0 Å². The monoisotopic (exact) mass is 289 g/mol. The summed E-state index contributed by atoms with van der Waals surface area (Å²) < 4.78 is 40.6. The second-order valence-corrected chi connectivity index (χ2v) is 4.42. The van der Waals surface area contributed by atoms with Gasteiger partial charge in [-0.3, -0.25) is 4.79 Å². The first-order valence-corrected chi connectivity index (χ1v) is 5.83. The number of ether oxygens (including phenoxy) is 1. The fourth-order valence-corrected chi connectivity index (χ4v) is 1.59. The molecule has 1 aliphatic rings. The first-order chi connectivity index (χ1) is 9.26. The van der Waals surface area contributed by atoms with Crippen LogP contribution in [0.25, 0.3) is 0 Å². The summed E-state index contributed by atoms with van der Waals surface area (Å²) in [6.07, 6.45) is -3.40. The number of halogens is 3. The summed E-state index contributed by atoms with van der Waals surface area (Å²) in [5, 5.41) is 20.5. The van der Waals surface area contributed by atoms with Crippen molar-refractivity contribution in [2.45, 2.75) is 25.2 Å². The van der Waals surface area contributed by atoms with Crippen LogP contribution in [0.4, 0.5) is 13.2 Å². The summed E-state index contributed by atoms with van der Waals surface area (Å²) in [5.41, 5.74) is -0.486. The number of rotatable bonds is 4. The van der Waals surface area contributed by atoms with E-state index in [1.165, 1.54) is 0 Å². The van der Waals surface area contributed by atoms with Gasteiger partial charge in [-0.05, 0) is 30.4 Å². The molecule has 108 valence electrons. The molecule has 0 aliphatic heterocycles. The molecule has 0 atom stereocenters. The lowest BCUT2D eigenvalue weighted by atomic mass is 9.79. The average Bonchev–Trinajstić information content (AvgIpc) is 3.10. The molecule has 9 heteroatoms. The van der Waals surface area contributed by atoms with Crippen molar-refractivity contribution in [1.29, 1.82) is 0 Å². The standard InChI is InChI=1S/C11H11BF3NO4/c13-11(14,15)20-9-4-1-6(12(18)19)5-8(9)10(17)16-7-2-3-7/h1,4-5,7,18-19H,2-3H2,(H,16,17). The van der Waals surface area contributed by atoms with Gasteiger partial charge in [0.25, 0.3) is 5.91 Å². The van der Waals surface area contributed by atoms with Crippen LogP contribution in [-0.4, -0.2) is 35.5 Å². The highest BCUT2D eigenvalue weighted by molar-refractivity contribution is 6.58. The van der Waals surface area contributed by atoms with Crippen LogP contribution in [0.3, 0.4) is 0 Å². The fraction of sp³-hybridized carbons (Fsp3) is 0.364. The van der Waals surface area contributed by atoms with E-state index in [1.807, 2.05) is 0 Å². The molecule has 0 spiro atoms. The lowest BCUT2D eigenvalue weighted by Gasteiger charge is -2.14. The van der Waals surface area contributed by atoms with Crippen molar-refractivity contribution in [2.24, 2.45) is 0 Å². The molecule has 0 saturated heterocycles. The number of hydrogen-bond donors (Lipinski definition) is 3. The van der Waals surface area contributed by atoms with E-state index in [-0.39, 0.29) is 17.1 Å². The Hall–Kier alpha value is -1.74. The molecular formula is C11H11BF3NO4. The molecule has 1 aromatic carbocycles. The molecule has 1 amide bonds.